The fourth-order valence-electron chi connectivity index (χ4n) is 2.10. The van der Waals surface area contributed by atoms with Gasteiger partial charge in [-0.15, -0.1) is 0 Å². The summed E-state index contributed by atoms with van der Waals surface area (Å²) in [6.07, 6.45) is 3.90. The van der Waals surface area contributed by atoms with Crippen LogP contribution in [0.15, 0.2) is 0 Å². The van der Waals surface area contributed by atoms with Crippen molar-refractivity contribution >= 4 is 0 Å². The average molecular weight is 230 g/mol. The van der Waals surface area contributed by atoms with E-state index < -0.39 is 0 Å². The molecule has 0 aliphatic carbocycles. The summed E-state index contributed by atoms with van der Waals surface area (Å²) in [5.74, 6) is 0. The minimum Gasteiger partial charge on any atom is -0.394 e. The Kier molecular flexibility index (Phi) is 5.69. The molecule has 2 unspecified atom stereocenters. The minimum absolute atomic E-state index is 0.0831. The van der Waals surface area contributed by atoms with Crippen LogP contribution >= 0.6 is 0 Å². The van der Waals surface area contributed by atoms with Crippen molar-refractivity contribution in [3.8, 4) is 0 Å². The van der Waals surface area contributed by atoms with Gasteiger partial charge in [-0.25, -0.2) is 0 Å². The summed E-state index contributed by atoms with van der Waals surface area (Å²) in [4.78, 5) is 2.35. The summed E-state index contributed by atoms with van der Waals surface area (Å²) in [6.45, 7) is 4.90. The molecule has 0 amide bonds. The Morgan fingerprint density at radius 1 is 1.56 bits per heavy atom. The average Bonchev–Trinajstić information content (AvgIpc) is 2.82. The standard InChI is InChI=1S/C12H26N2O2/c1-3-12(13,10-15)6-4-7-14(2)11-5-8-16-9-11/h11,15H,3-10,13H2,1-2H3. The molecule has 0 bridgehead atoms. The lowest BCUT2D eigenvalue weighted by Gasteiger charge is -2.28. The Balaban J connectivity index is 2.18. The van der Waals surface area contributed by atoms with E-state index in [-0.39, 0.29) is 12.1 Å². The van der Waals surface area contributed by atoms with Gasteiger partial charge in [-0.05, 0) is 39.3 Å². The molecule has 1 aliphatic heterocycles. The van der Waals surface area contributed by atoms with E-state index in [4.69, 9.17) is 10.5 Å². The van der Waals surface area contributed by atoms with Gasteiger partial charge in [0, 0.05) is 18.2 Å². The SMILES string of the molecule is CCC(N)(CO)CCCN(C)C1CCOC1. The quantitative estimate of drug-likeness (QED) is 0.672. The first-order valence-corrected chi connectivity index (χ1v) is 6.29. The molecule has 1 heterocycles. The fourth-order valence-corrected chi connectivity index (χ4v) is 2.10. The highest BCUT2D eigenvalue weighted by Gasteiger charge is 2.23. The van der Waals surface area contributed by atoms with Gasteiger partial charge in [-0.2, -0.15) is 0 Å². The minimum atomic E-state index is -0.382. The normalized spacial score (nSPS) is 24.9. The number of rotatable bonds is 7. The molecule has 1 fully saturated rings. The number of hydrogen-bond acceptors (Lipinski definition) is 4. The number of ether oxygens (including phenoxy) is 1. The molecule has 0 aromatic heterocycles. The van der Waals surface area contributed by atoms with E-state index in [2.05, 4.69) is 11.9 Å². The summed E-state index contributed by atoms with van der Waals surface area (Å²) >= 11 is 0. The maximum Gasteiger partial charge on any atom is 0.0622 e. The maximum absolute atomic E-state index is 9.20. The molecule has 4 nitrogen and oxygen atoms in total. The van der Waals surface area contributed by atoms with Gasteiger partial charge >= 0.3 is 0 Å². The van der Waals surface area contributed by atoms with Crippen LogP contribution in [0.2, 0.25) is 0 Å². The zero-order valence-electron chi connectivity index (χ0n) is 10.6. The topological polar surface area (TPSA) is 58.7 Å². The highest BCUT2D eigenvalue weighted by molar-refractivity contribution is 4.82. The second-order valence-electron chi connectivity index (χ2n) is 4.98. The van der Waals surface area contributed by atoms with Crippen molar-refractivity contribution in [2.75, 3.05) is 33.4 Å². The van der Waals surface area contributed by atoms with Crippen molar-refractivity contribution in [2.24, 2.45) is 5.73 Å². The van der Waals surface area contributed by atoms with Crippen molar-refractivity contribution in [3.05, 3.63) is 0 Å². The molecular weight excluding hydrogens is 204 g/mol. The zero-order chi connectivity index (χ0) is 12.0. The molecule has 0 aromatic rings. The van der Waals surface area contributed by atoms with Crippen LogP contribution in [0.1, 0.15) is 32.6 Å². The predicted octanol–water partition coefficient (Wildman–Crippen LogP) is 0.587. The second-order valence-corrected chi connectivity index (χ2v) is 4.98. The smallest absolute Gasteiger partial charge is 0.0622 e. The Morgan fingerprint density at radius 2 is 2.31 bits per heavy atom. The third-order valence-corrected chi connectivity index (χ3v) is 3.73. The Morgan fingerprint density at radius 3 is 2.81 bits per heavy atom. The Labute approximate surface area is 98.8 Å². The summed E-state index contributed by atoms with van der Waals surface area (Å²) in [5, 5.41) is 9.20. The van der Waals surface area contributed by atoms with Crippen LogP contribution in [-0.4, -0.2) is 55.0 Å². The van der Waals surface area contributed by atoms with Crippen LogP contribution in [0.3, 0.4) is 0 Å². The van der Waals surface area contributed by atoms with Gasteiger partial charge in [-0.3, -0.25) is 0 Å². The van der Waals surface area contributed by atoms with Crippen LogP contribution in [0.5, 0.6) is 0 Å². The summed E-state index contributed by atoms with van der Waals surface area (Å²) < 4.78 is 5.36. The van der Waals surface area contributed by atoms with E-state index in [1.807, 2.05) is 6.92 Å². The van der Waals surface area contributed by atoms with E-state index in [0.717, 1.165) is 45.4 Å². The molecule has 16 heavy (non-hydrogen) atoms. The molecule has 1 rings (SSSR count). The van der Waals surface area contributed by atoms with Crippen LogP contribution < -0.4 is 5.73 Å². The molecular formula is C12H26N2O2. The summed E-state index contributed by atoms with van der Waals surface area (Å²) in [6, 6.07) is 0.572. The van der Waals surface area contributed by atoms with Gasteiger partial charge < -0.3 is 20.5 Å². The second kappa shape index (κ2) is 6.55. The number of aliphatic hydroxyl groups is 1. The van der Waals surface area contributed by atoms with Crippen molar-refractivity contribution in [1.82, 2.24) is 4.90 Å². The third-order valence-electron chi connectivity index (χ3n) is 3.73. The van der Waals surface area contributed by atoms with Gasteiger partial charge in [0.25, 0.3) is 0 Å². The van der Waals surface area contributed by atoms with E-state index in [9.17, 15) is 5.11 Å². The lowest BCUT2D eigenvalue weighted by Crippen LogP contribution is -2.44. The highest BCUT2D eigenvalue weighted by atomic mass is 16.5. The molecule has 1 aliphatic rings. The van der Waals surface area contributed by atoms with Crippen molar-refractivity contribution in [1.29, 1.82) is 0 Å². The van der Waals surface area contributed by atoms with Gasteiger partial charge in [0.2, 0.25) is 0 Å². The Bertz CT molecular complexity index is 189. The van der Waals surface area contributed by atoms with Gasteiger partial charge in [0.1, 0.15) is 0 Å². The van der Waals surface area contributed by atoms with Gasteiger partial charge in [-0.1, -0.05) is 6.92 Å². The van der Waals surface area contributed by atoms with Crippen LogP contribution in [-0.2, 0) is 4.74 Å². The molecule has 4 heteroatoms. The zero-order valence-corrected chi connectivity index (χ0v) is 10.6. The summed E-state index contributed by atoms with van der Waals surface area (Å²) in [7, 11) is 2.14. The van der Waals surface area contributed by atoms with E-state index >= 15 is 0 Å². The van der Waals surface area contributed by atoms with Crippen molar-refractivity contribution in [3.63, 3.8) is 0 Å². The largest absolute Gasteiger partial charge is 0.394 e. The fraction of sp³-hybridized carbons (Fsp3) is 1.00. The molecule has 0 saturated carbocycles. The number of nitrogens with zero attached hydrogens (tertiary/aromatic N) is 1. The van der Waals surface area contributed by atoms with Crippen molar-refractivity contribution in [2.45, 2.75) is 44.2 Å². The monoisotopic (exact) mass is 230 g/mol. The Hall–Kier alpha value is -0.160. The number of aliphatic hydroxyl groups excluding tert-OH is 1. The van der Waals surface area contributed by atoms with Crippen LogP contribution in [0, 0.1) is 0 Å². The lowest BCUT2D eigenvalue weighted by molar-refractivity contribution is 0.148. The lowest BCUT2D eigenvalue weighted by atomic mass is 9.92. The first-order chi connectivity index (χ1) is 7.61. The van der Waals surface area contributed by atoms with E-state index in [1.165, 1.54) is 0 Å². The maximum atomic E-state index is 9.20. The van der Waals surface area contributed by atoms with Gasteiger partial charge in [0.05, 0.1) is 13.2 Å². The molecule has 0 aromatic carbocycles. The molecule has 3 N–H and O–H groups in total. The molecule has 2 atom stereocenters. The highest BCUT2D eigenvalue weighted by Crippen LogP contribution is 2.16. The predicted molar refractivity (Wildman–Crippen MR) is 65.4 cm³/mol. The van der Waals surface area contributed by atoms with Crippen LogP contribution in [0.25, 0.3) is 0 Å². The van der Waals surface area contributed by atoms with Gasteiger partial charge in [0.15, 0.2) is 0 Å². The molecule has 0 radical (unpaired) electrons. The van der Waals surface area contributed by atoms with Crippen LogP contribution in [0.4, 0.5) is 0 Å². The first-order valence-electron chi connectivity index (χ1n) is 6.29. The number of nitrogens with two attached hydrogens (primary N) is 1. The third kappa shape index (κ3) is 4.01. The van der Waals surface area contributed by atoms with Crippen molar-refractivity contribution < 1.29 is 9.84 Å². The number of likely N-dealkylation sites (N-methyl/N-ethyl adjacent to an activating group) is 1. The van der Waals surface area contributed by atoms with E-state index in [1.54, 1.807) is 0 Å². The summed E-state index contributed by atoms with van der Waals surface area (Å²) in [5.41, 5.74) is 5.66. The molecule has 1 saturated heterocycles. The van der Waals surface area contributed by atoms with E-state index in [0.29, 0.717) is 6.04 Å². The first kappa shape index (κ1) is 13.9. The number of hydrogen-bond donors (Lipinski definition) is 2. The molecule has 96 valence electrons. The molecule has 0 spiro atoms.